The Hall–Kier alpha value is -1.89. The normalized spacial score (nSPS) is 10.9. The molecule has 2 rings (SSSR count). The number of nitrogens with zero attached hydrogens (tertiary/aromatic N) is 3. The summed E-state index contributed by atoms with van der Waals surface area (Å²) in [6.07, 6.45) is 0. The molecule has 0 saturated heterocycles. The van der Waals surface area contributed by atoms with Crippen LogP contribution in [0.25, 0.3) is 11.0 Å². The lowest BCUT2D eigenvalue weighted by Gasteiger charge is -2.14. The summed E-state index contributed by atoms with van der Waals surface area (Å²) in [7, 11) is 0. The molecule has 0 aliphatic heterocycles. The number of carbonyl (C=O) groups is 1. The van der Waals surface area contributed by atoms with Crippen molar-refractivity contribution in [3.05, 3.63) is 27.7 Å². The molecule has 0 aliphatic rings. The molecule has 0 unspecified atom stereocenters. The number of aryl methyl sites for hydroxylation is 3. The van der Waals surface area contributed by atoms with E-state index < -0.39 is 0 Å². The van der Waals surface area contributed by atoms with Crippen molar-refractivity contribution in [1.29, 1.82) is 0 Å². The number of rotatable bonds is 5. The van der Waals surface area contributed by atoms with Crippen LogP contribution in [0, 0.1) is 13.8 Å². The Morgan fingerprint density at radius 2 is 2.05 bits per heavy atom. The predicted molar refractivity (Wildman–Crippen MR) is 86.3 cm³/mol. The van der Waals surface area contributed by atoms with Gasteiger partial charge in [-0.25, -0.2) is 4.98 Å². The lowest BCUT2D eigenvalue weighted by molar-refractivity contribution is -0.139. The quantitative estimate of drug-likeness (QED) is 0.477. The fourth-order valence-corrected chi connectivity index (χ4v) is 3.14. The van der Waals surface area contributed by atoms with Crippen LogP contribution in [0.4, 0.5) is 0 Å². The highest BCUT2D eigenvalue weighted by Gasteiger charge is 2.15. The summed E-state index contributed by atoms with van der Waals surface area (Å²) in [5, 5.41) is 1.03. The Balaban J connectivity index is 2.52. The minimum absolute atomic E-state index is 0.122. The van der Waals surface area contributed by atoms with E-state index in [1.165, 1.54) is 11.8 Å². The Labute approximate surface area is 132 Å². The second kappa shape index (κ2) is 6.91. The number of esters is 1. The van der Waals surface area contributed by atoms with E-state index in [2.05, 4.69) is 9.97 Å². The Kier molecular flexibility index (Phi) is 5.18. The lowest BCUT2D eigenvalue weighted by Crippen LogP contribution is -2.19. The molecule has 6 nitrogen and oxygen atoms in total. The highest BCUT2D eigenvalue weighted by Crippen LogP contribution is 2.21. The number of carbonyl (C=O) groups excluding carboxylic acids is 1. The predicted octanol–water partition coefficient (Wildman–Crippen LogP) is 2.08. The molecule has 2 aromatic rings. The van der Waals surface area contributed by atoms with Crippen LogP contribution in [0.15, 0.2) is 16.0 Å². The number of pyridine rings is 1. The summed E-state index contributed by atoms with van der Waals surface area (Å²) < 4.78 is 6.76. The van der Waals surface area contributed by atoms with Crippen molar-refractivity contribution >= 4 is 28.8 Å². The number of thioether (sulfide) groups is 1. The first-order valence-electron chi connectivity index (χ1n) is 7.15. The molecule has 2 heterocycles. The molecular formula is C15H19N3O3S. The third-order valence-corrected chi connectivity index (χ3v) is 4.11. The molecule has 118 valence electrons. The molecule has 0 bridgehead atoms. The molecule has 0 spiro atoms. The Morgan fingerprint density at radius 1 is 1.32 bits per heavy atom. The maximum absolute atomic E-state index is 12.3. The van der Waals surface area contributed by atoms with E-state index in [4.69, 9.17) is 4.74 Å². The summed E-state index contributed by atoms with van der Waals surface area (Å²) in [4.78, 5) is 32.4. The summed E-state index contributed by atoms with van der Waals surface area (Å²) in [6, 6.07) is 1.87. The first-order chi connectivity index (χ1) is 10.5. The van der Waals surface area contributed by atoms with Gasteiger partial charge in [0.2, 0.25) is 0 Å². The van der Waals surface area contributed by atoms with Crippen LogP contribution in [0.1, 0.15) is 25.1 Å². The summed E-state index contributed by atoms with van der Waals surface area (Å²) >= 11 is 1.20. The number of hydrogen-bond acceptors (Lipinski definition) is 6. The smallest absolute Gasteiger partial charge is 0.316 e. The van der Waals surface area contributed by atoms with Gasteiger partial charge < -0.3 is 9.30 Å². The van der Waals surface area contributed by atoms with Crippen LogP contribution in [0.3, 0.4) is 0 Å². The zero-order valence-corrected chi connectivity index (χ0v) is 14.0. The molecular weight excluding hydrogens is 302 g/mol. The van der Waals surface area contributed by atoms with Crippen LogP contribution in [-0.2, 0) is 16.1 Å². The van der Waals surface area contributed by atoms with Crippen LogP contribution in [0.5, 0.6) is 0 Å². The lowest BCUT2D eigenvalue weighted by atomic mass is 10.2. The zero-order chi connectivity index (χ0) is 16.3. The van der Waals surface area contributed by atoms with Crippen LogP contribution in [-0.4, -0.2) is 32.9 Å². The van der Waals surface area contributed by atoms with E-state index >= 15 is 0 Å². The van der Waals surface area contributed by atoms with E-state index in [9.17, 15) is 9.59 Å². The van der Waals surface area contributed by atoms with Gasteiger partial charge in [0.25, 0.3) is 5.56 Å². The highest BCUT2D eigenvalue weighted by molar-refractivity contribution is 7.99. The third-order valence-electron chi connectivity index (χ3n) is 3.16. The largest absolute Gasteiger partial charge is 0.465 e. The van der Waals surface area contributed by atoms with Gasteiger partial charge in [0.1, 0.15) is 5.65 Å². The van der Waals surface area contributed by atoms with E-state index in [1.807, 2.05) is 31.4 Å². The number of ether oxygens (including phenoxy) is 1. The SMILES string of the molecule is CCOC(=O)CSc1nc(=O)c2c(C)cc(C)nc2n1CC. The maximum atomic E-state index is 12.3. The summed E-state index contributed by atoms with van der Waals surface area (Å²) in [5.74, 6) is -0.200. The molecule has 0 aliphatic carbocycles. The minimum Gasteiger partial charge on any atom is -0.465 e. The van der Waals surface area contributed by atoms with Crippen molar-refractivity contribution < 1.29 is 9.53 Å². The average Bonchev–Trinajstić information content (AvgIpc) is 2.44. The number of fused-ring (bicyclic) bond motifs is 1. The van der Waals surface area contributed by atoms with Crippen LogP contribution < -0.4 is 5.56 Å². The number of hydrogen-bond donors (Lipinski definition) is 0. The molecule has 22 heavy (non-hydrogen) atoms. The molecule has 0 fully saturated rings. The van der Waals surface area contributed by atoms with Gasteiger partial charge >= 0.3 is 5.97 Å². The van der Waals surface area contributed by atoms with Crippen LogP contribution >= 0.6 is 11.8 Å². The van der Waals surface area contributed by atoms with Gasteiger partial charge in [-0.3, -0.25) is 9.59 Å². The van der Waals surface area contributed by atoms with Crippen molar-refractivity contribution in [3.63, 3.8) is 0 Å². The van der Waals surface area contributed by atoms with E-state index in [1.54, 1.807) is 6.92 Å². The van der Waals surface area contributed by atoms with Crippen molar-refractivity contribution in [2.45, 2.75) is 39.4 Å². The molecule has 0 atom stereocenters. The van der Waals surface area contributed by atoms with Gasteiger partial charge in [-0.1, -0.05) is 11.8 Å². The standard InChI is InChI=1S/C15H19N3O3S/c1-5-18-13-12(9(3)7-10(4)16-13)14(20)17-15(18)22-8-11(19)21-6-2/h7H,5-6,8H2,1-4H3. The molecule has 0 saturated carbocycles. The second-order valence-corrected chi connectivity index (χ2v) is 5.76. The van der Waals surface area contributed by atoms with E-state index in [-0.39, 0.29) is 17.3 Å². The third kappa shape index (κ3) is 3.30. The van der Waals surface area contributed by atoms with Gasteiger partial charge in [-0.15, -0.1) is 0 Å². The second-order valence-electron chi connectivity index (χ2n) is 4.82. The summed E-state index contributed by atoms with van der Waals surface area (Å²) in [5.41, 5.74) is 2.02. The van der Waals surface area contributed by atoms with Gasteiger partial charge in [-0.05, 0) is 39.3 Å². The van der Waals surface area contributed by atoms with Crippen molar-refractivity contribution in [2.75, 3.05) is 12.4 Å². The highest BCUT2D eigenvalue weighted by atomic mass is 32.2. The van der Waals surface area contributed by atoms with E-state index in [0.29, 0.717) is 29.3 Å². The van der Waals surface area contributed by atoms with Crippen molar-refractivity contribution in [2.24, 2.45) is 0 Å². The zero-order valence-electron chi connectivity index (χ0n) is 13.2. The molecule has 0 amide bonds. The van der Waals surface area contributed by atoms with Crippen molar-refractivity contribution in [1.82, 2.24) is 14.5 Å². The molecule has 2 aromatic heterocycles. The Morgan fingerprint density at radius 3 is 2.68 bits per heavy atom. The monoisotopic (exact) mass is 321 g/mol. The topological polar surface area (TPSA) is 74.1 Å². The van der Waals surface area contributed by atoms with Crippen molar-refractivity contribution in [3.8, 4) is 0 Å². The van der Waals surface area contributed by atoms with E-state index in [0.717, 1.165) is 11.3 Å². The average molecular weight is 321 g/mol. The molecule has 0 N–H and O–H groups in total. The van der Waals surface area contributed by atoms with Crippen LogP contribution in [0.2, 0.25) is 0 Å². The first-order valence-corrected chi connectivity index (χ1v) is 8.13. The van der Waals surface area contributed by atoms with Gasteiger partial charge in [-0.2, -0.15) is 4.98 Å². The van der Waals surface area contributed by atoms with Gasteiger partial charge in [0, 0.05) is 12.2 Å². The number of aromatic nitrogens is 3. The molecule has 0 aromatic carbocycles. The fourth-order valence-electron chi connectivity index (χ4n) is 2.29. The minimum atomic E-state index is -0.321. The maximum Gasteiger partial charge on any atom is 0.316 e. The first kappa shape index (κ1) is 16.5. The molecule has 7 heteroatoms. The Bertz CT molecular complexity index is 771. The van der Waals surface area contributed by atoms with Gasteiger partial charge in [0.15, 0.2) is 5.16 Å². The fraction of sp³-hybridized carbons (Fsp3) is 0.467. The summed E-state index contributed by atoms with van der Waals surface area (Å²) in [6.45, 7) is 8.44. The van der Waals surface area contributed by atoms with Gasteiger partial charge in [0.05, 0.1) is 17.7 Å². The molecule has 0 radical (unpaired) electrons.